The lowest BCUT2D eigenvalue weighted by molar-refractivity contribution is 0.0698. The molecule has 0 spiro atoms. The molecule has 2 N–H and O–H groups in total. The molecular weight excluding hydrogens is 402 g/mol. The first-order valence-corrected chi connectivity index (χ1v) is 10.9. The maximum Gasteiger partial charge on any atom is 0.337 e. The Morgan fingerprint density at radius 3 is 2.68 bits per heavy atom. The fraction of sp³-hybridized carbons (Fsp3) is 0.263. The van der Waals surface area contributed by atoms with Crippen LogP contribution in [0.15, 0.2) is 36.7 Å². The first kappa shape index (κ1) is 20.3. The monoisotopic (exact) mass is 421 g/mol. The van der Waals surface area contributed by atoms with Crippen molar-refractivity contribution in [3.05, 3.63) is 52.8 Å². The molecule has 0 saturated carbocycles. The van der Waals surface area contributed by atoms with Crippen LogP contribution in [0.2, 0.25) is 5.02 Å². The molecular formula is C19H20ClN3O4S. The van der Waals surface area contributed by atoms with Gasteiger partial charge in [0.15, 0.2) is 0 Å². The van der Waals surface area contributed by atoms with Crippen LogP contribution in [0.3, 0.4) is 0 Å². The van der Waals surface area contributed by atoms with Crippen LogP contribution in [0.4, 0.5) is 0 Å². The van der Waals surface area contributed by atoms with E-state index in [-0.39, 0.29) is 12.1 Å². The van der Waals surface area contributed by atoms with Crippen molar-refractivity contribution >= 4 is 38.6 Å². The van der Waals surface area contributed by atoms with Crippen LogP contribution < -0.4 is 4.72 Å². The van der Waals surface area contributed by atoms with Crippen LogP contribution in [0.1, 0.15) is 22.3 Å². The summed E-state index contributed by atoms with van der Waals surface area (Å²) in [6, 6.07) is 9.00. The molecule has 0 atom stereocenters. The lowest BCUT2D eigenvalue weighted by atomic mass is 10.0. The van der Waals surface area contributed by atoms with Gasteiger partial charge in [0.05, 0.1) is 29.2 Å². The number of nitrogens with zero attached hydrogens (tertiary/aromatic N) is 2. The van der Waals surface area contributed by atoms with Gasteiger partial charge in [-0.1, -0.05) is 23.7 Å². The predicted octanol–water partition coefficient (Wildman–Crippen LogP) is 3.30. The van der Waals surface area contributed by atoms with Gasteiger partial charge in [-0.2, -0.15) is 0 Å². The van der Waals surface area contributed by atoms with Crippen LogP contribution >= 0.6 is 11.6 Å². The minimum Gasteiger partial charge on any atom is -0.478 e. The number of imidazole rings is 1. The summed E-state index contributed by atoms with van der Waals surface area (Å²) in [4.78, 5) is 16.2. The average Bonchev–Trinajstić information content (AvgIpc) is 3.00. The zero-order valence-electron chi connectivity index (χ0n) is 15.4. The van der Waals surface area contributed by atoms with Gasteiger partial charge in [0.1, 0.15) is 0 Å². The number of aromatic nitrogens is 2. The molecule has 0 fully saturated rings. The number of nitrogens with one attached hydrogen (secondary N) is 1. The van der Waals surface area contributed by atoms with E-state index in [1.54, 1.807) is 17.0 Å². The van der Waals surface area contributed by atoms with Crippen molar-refractivity contribution in [3.8, 4) is 11.1 Å². The largest absolute Gasteiger partial charge is 0.478 e. The molecule has 0 amide bonds. The van der Waals surface area contributed by atoms with E-state index >= 15 is 0 Å². The molecule has 1 heterocycles. The second kappa shape index (κ2) is 7.90. The Morgan fingerprint density at radius 2 is 2.04 bits per heavy atom. The molecule has 0 bridgehead atoms. The Hall–Kier alpha value is -2.42. The van der Waals surface area contributed by atoms with Crippen LogP contribution in [0.5, 0.6) is 0 Å². The van der Waals surface area contributed by atoms with E-state index in [9.17, 15) is 18.3 Å². The normalized spacial score (nSPS) is 11.8. The molecule has 3 aromatic rings. The molecule has 0 aliphatic carbocycles. The number of carbonyl (C=O) groups is 1. The first-order valence-electron chi connectivity index (χ1n) is 8.59. The molecule has 28 heavy (non-hydrogen) atoms. The third-order valence-corrected chi connectivity index (χ3v) is 5.36. The van der Waals surface area contributed by atoms with Gasteiger partial charge in [-0.15, -0.1) is 0 Å². The zero-order valence-corrected chi connectivity index (χ0v) is 17.0. The highest BCUT2D eigenvalue weighted by Gasteiger charge is 2.17. The minimum absolute atomic E-state index is 0.123. The van der Waals surface area contributed by atoms with E-state index in [1.165, 1.54) is 0 Å². The quantitative estimate of drug-likeness (QED) is 0.570. The Bertz CT molecular complexity index is 1160. The third kappa shape index (κ3) is 4.52. The van der Waals surface area contributed by atoms with Crippen LogP contribution in [0.25, 0.3) is 22.2 Å². The van der Waals surface area contributed by atoms with Crippen molar-refractivity contribution in [1.29, 1.82) is 0 Å². The van der Waals surface area contributed by atoms with Crippen LogP contribution in [0, 0.1) is 6.92 Å². The molecule has 148 valence electrons. The molecule has 7 nitrogen and oxygen atoms in total. The number of aryl methyl sites for hydroxylation is 2. The summed E-state index contributed by atoms with van der Waals surface area (Å²) in [6.45, 7) is 2.63. The fourth-order valence-electron chi connectivity index (χ4n) is 3.06. The Labute approximate surface area is 168 Å². The molecule has 0 radical (unpaired) electrons. The van der Waals surface area contributed by atoms with Crippen molar-refractivity contribution < 1.29 is 18.3 Å². The zero-order chi connectivity index (χ0) is 20.5. The first-order chi connectivity index (χ1) is 13.2. The average molecular weight is 422 g/mol. The maximum atomic E-state index is 11.9. The fourth-order valence-corrected chi connectivity index (χ4v) is 3.92. The molecule has 0 aliphatic rings. The van der Waals surface area contributed by atoms with Gasteiger partial charge >= 0.3 is 5.97 Å². The van der Waals surface area contributed by atoms with Crippen molar-refractivity contribution in [2.45, 2.75) is 19.9 Å². The van der Waals surface area contributed by atoms with Crippen LogP contribution in [-0.2, 0) is 16.6 Å². The van der Waals surface area contributed by atoms with E-state index in [1.807, 2.05) is 31.2 Å². The molecule has 0 unspecified atom stereocenters. The summed E-state index contributed by atoms with van der Waals surface area (Å²) >= 11 is 6.34. The number of halogens is 1. The van der Waals surface area contributed by atoms with Gasteiger partial charge in [-0.3, -0.25) is 0 Å². The topological polar surface area (TPSA) is 101 Å². The SMILES string of the molecule is Cc1ccc(-c2cc(C(=O)O)c3c(c2)ncn3CCCNS(C)(=O)=O)c(Cl)c1. The standard InChI is InChI=1S/C19H20ClN3O4S/c1-12-4-5-14(16(20)8-12)13-9-15(19(24)25)18-17(10-13)21-11-23(18)7-3-6-22-28(2,26)27/h4-5,8-11,22H,3,6-7H2,1-2H3,(H,24,25). The number of fused-ring (bicyclic) bond motifs is 1. The van der Waals surface area contributed by atoms with Crippen molar-refractivity contribution in [2.24, 2.45) is 0 Å². The Balaban J connectivity index is 1.98. The number of sulfonamides is 1. The number of hydrogen-bond donors (Lipinski definition) is 2. The van der Waals surface area contributed by atoms with Gasteiger partial charge in [-0.05, 0) is 42.7 Å². The third-order valence-electron chi connectivity index (χ3n) is 4.32. The van der Waals surface area contributed by atoms with Crippen LogP contribution in [-0.4, -0.2) is 41.8 Å². The van der Waals surface area contributed by atoms with Gasteiger partial charge in [0.2, 0.25) is 10.0 Å². The number of carboxylic acids is 1. The molecule has 1 aromatic heterocycles. The summed E-state index contributed by atoms with van der Waals surface area (Å²) in [6.07, 6.45) is 3.17. The van der Waals surface area contributed by atoms with Crippen molar-refractivity contribution in [2.75, 3.05) is 12.8 Å². The Kier molecular flexibility index (Phi) is 5.74. The predicted molar refractivity (Wildman–Crippen MR) is 109 cm³/mol. The molecule has 3 rings (SSSR count). The highest BCUT2D eigenvalue weighted by molar-refractivity contribution is 7.88. The number of rotatable bonds is 7. The lowest BCUT2D eigenvalue weighted by Crippen LogP contribution is -2.23. The summed E-state index contributed by atoms with van der Waals surface area (Å²) in [5, 5.41) is 10.3. The van der Waals surface area contributed by atoms with Crippen molar-refractivity contribution in [1.82, 2.24) is 14.3 Å². The second-order valence-electron chi connectivity index (χ2n) is 6.64. The molecule has 2 aromatic carbocycles. The summed E-state index contributed by atoms with van der Waals surface area (Å²) in [7, 11) is -3.25. The minimum atomic E-state index is -3.25. The summed E-state index contributed by atoms with van der Waals surface area (Å²) in [5.74, 6) is -1.06. The summed E-state index contributed by atoms with van der Waals surface area (Å²) < 4.78 is 26.4. The van der Waals surface area contributed by atoms with E-state index in [0.29, 0.717) is 34.6 Å². The van der Waals surface area contributed by atoms with E-state index in [4.69, 9.17) is 11.6 Å². The van der Waals surface area contributed by atoms with E-state index in [2.05, 4.69) is 9.71 Å². The van der Waals surface area contributed by atoms with Gasteiger partial charge in [-0.25, -0.2) is 22.9 Å². The van der Waals surface area contributed by atoms with Gasteiger partial charge < -0.3 is 9.67 Å². The smallest absolute Gasteiger partial charge is 0.337 e. The number of benzene rings is 2. The molecule has 9 heteroatoms. The second-order valence-corrected chi connectivity index (χ2v) is 8.88. The lowest BCUT2D eigenvalue weighted by Gasteiger charge is -2.10. The number of hydrogen-bond acceptors (Lipinski definition) is 4. The highest BCUT2D eigenvalue weighted by atomic mass is 35.5. The highest BCUT2D eigenvalue weighted by Crippen LogP contribution is 2.32. The number of carboxylic acid groups (broad SMARTS) is 1. The van der Waals surface area contributed by atoms with E-state index < -0.39 is 16.0 Å². The number of aromatic carboxylic acids is 1. The Morgan fingerprint density at radius 1 is 1.29 bits per heavy atom. The van der Waals surface area contributed by atoms with Crippen molar-refractivity contribution in [3.63, 3.8) is 0 Å². The maximum absolute atomic E-state index is 11.9. The van der Waals surface area contributed by atoms with Gasteiger partial charge in [0, 0.05) is 23.7 Å². The van der Waals surface area contributed by atoms with Gasteiger partial charge in [0.25, 0.3) is 0 Å². The summed E-state index contributed by atoms with van der Waals surface area (Å²) in [5.41, 5.74) is 3.60. The molecule has 0 saturated heterocycles. The molecule has 0 aliphatic heterocycles. The van der Waals surface area contributed by atoms with E-state index in [0.717, 1.165) is 17.4 Å².